The van der Waals surface area contributed by atoms with Gasteiger partial charge in [0.15, 0.2) is 17.4 Å². The van der Waals surface area contributed by atoms with Gasteiger partial charge < -0.3 is 19.1 Å². The molecule has 1 aromatic heterocycles. The van der Waals surface area contributed by atoms with Crippen LogP contribution in [0.1, 0.15) is 0 Å². The van der Waals surface area contributed by atoms with Gasteiger partial charge in [-0.1, -0.05) is 30.3 Å². The lowest BCUT2D eigenvalue weighted by atomic mass is 10.2. The van der Waals surface area contributed by atoms with Gasteiger partial charge >= 0.3 is 0 Å². The summed E-state index contributed by atoms with van der Waals surface area (Å²) < 4.78 is 17.0. The fourth-order valence-corrected chi connectivity index (χ4v) is 3.30. The van der Waals surface area contributed by atoms with Gasteiger partial charge in [-0.15, -0.1) is 0 Å². The van der Waals surface area contributed by atoms with Gasteiger partial charge in [0, 0.05) is 38.3 Å². The van der Waals surface area contributed by atoms with E-state index >= 15 is 0 Å². The van der Waals surface area contributed by atoms with Crippen LogP contribution in [0.4, 0.5) is 5.82 Å². The van der Waals surface area contributed by atoms with Crippen LogP contribution >= 0.6 is 0 Å². The van der Waals surface area contributed by atoms with Gasteiger partial charge in [0.25, 0.3) is 0 Å². The van der Waals surface area contributed by atoms with Crippen LogP contribution in [-0.4, -0.2) is 80.6 Å². The smallest absolute Gasteiger partial charge is 0.180 e. The molecule has 0 radical (unpaired) electrons. The maximum Gasteiger partial charge on any atom is 0.180 e. The number of ether oxygens (including phenoxy) is 3. The lowest BCUT2D eigenvalue weighted by Crippen LogP contribution is -2.39. The molecule has 3 heterocycles. The highest BCUT2D eigenvalue weighted by atomic mass is 16.5. The predicted octanol–water partition coefficient (Wildman–Crippen LogP) is 1.69. The largest absolute Gasteiger partial charge is 0.487 e. The molecule has 0 N–H and O–H groups in total. The van der Waals surface area contributed by atoms with E-state index in [4.69, 9.17) is 19.2 Å². The third-order valence-corrected chi connectivity index (χ3v) is 4.85. The van der Waals surface area contributed by atoms with E-state index in [0.717, 1.165) is 68.9 Å². The monoisotopic (exact) mass is 370 g/mol. The number of nitrogens with zero attached hydrogens (tertiary/aromatic N) is 4. The van der Waals surface area contributed by atoms with Crippen molar-refractivity contribution in [1.29, 1.82) is 0 Å². The van der Waals surface area contributed by atoms with E-state index in [0.29, 0.717) is 19.8 Å². The zero-order valence-electron chi connectivity index (χ0n) is 15.5. The van der Waals surface area contributed by atoms with Crippen molar-refractivity contribution in [2.75, 3.05) is 70.7 Å². The molecule has 4 rings (SSSR count). The first kappa shape index (κ1) is 18.2. The Bertz CT molecular complexity index is 716. The number of hydrogen-bond donors (Lipinski definition) is 0. The Kier molecular flexibility index (Phi) is 6.13. The average molecular weight is 370 g/mol. The van der Waals surface area contributed by atoms with E-state index in [1.807, 2.05) is 30.3 Å². The summed E-state index contributed by atoms with van der Waals surface area (Å²) in [6, 6.07) is 10.0. The normalized spacial score (nSPS) is 18.4. The van der Waals surface area contributed by atoms with Crippen molar-refractivity contribution < 1.29 is 14.2 Å². The number of morpholine rings is 2. The van der Waals surface area contributed by atoms with Gasteiger partial charge in [-0.05, 0) is 0 Å². The lowest BCUT2D eigenvalue weighted by Gasteiger charge is -2.30. The molecule has 27 heavy (non-hydrogen) atoms. The van der Waals surface area contributed by atoms with E-state index in [1.165, 1.54) is 0 Å². The minimum atomic E-state index is 0.616. The molecule has 2 saturated heterocycles. The number of benzene rings is 1. The second kappa shape index (κ2) is 9.12. The van der Waals surface area contributed by atoms with E-state index < -0.39 is 0 Å². The highest BCUT2D eigenvalue weighted by Crippen LogP contribution is 2.28. The summed E-state index contributed by atoms with van der Waals surface area (Å²) in [5.74, 6) is 2.32. The van der Waals surface area contributed by atoms with Gasteiger partial charge in [0.05, 0.1) is 32.6 Å². The Balaban J connectivity index is 1.50. The number of aromatic nitrogens is 2. The van der Waals surface area contributed by atoms with Gasteiger partial charge in [-0.3, -0.25) is 4.90 Å². The molecule has 0 bridgehead atoms. The number of hydrogen-bond acceptors (Lipinski definition) is 7. The van der Waals surface area contributed by atoms with E-state index in [9.17, 15) is 0 Å². The van der Waals surface area contributed by atoms with Crippen LogP contribution in [0.25, 0.3) is 11.4 Å². The van der Waals surface area contributed by atoms with E-state index in [-0.39, 0.29) is 0 Å². The predicted molar refractivity (Wildman–Crippen MR) is 103 cm³/mol. The first-order valence-corrected chi connectivity index (χ1v) is 9.58. The molecule has 2 aromatic rings. The molecule has 0 unspecified atom stereocenters. The summed E-state index contributed by atoms with van der Waals surface area (Å²) in [6.07, 6.45) is 1.81. The van der Waals surface area contributed by atoms with Crippen molar-refractivity contribution >= 4 is 5.82 Å². The van der Waals surface area contributed by atoms with Crippen LogP contribution in [0, 0.1) is 0 Å². The quantitative estimate of drug-likeness (QED) is 0.767. The number of rotatable bonds is 6. The van der Waals surface area contributed by atoms with Crippen molar-refractivity contribution in [3.63, 3.8) is 0 Å². The van der Waals surface area contributed by atoms with Gasteiger partial charge in [-0.25, -0.2) is 9.97 Å². The zero-order valence-corrected chi connectivity index (χ0v) is 15.5. The topological polar surface area (TPSA) is 60.0 Å². The van der Waals surface area contributed by atoms with Crippen LogP contribution in [0.3, 0.4) is 0 Å². The molecule has 7 heteroatoms. The van der Waals surface area contributed by atoms with Gasteiger partial charge in [0.2, 0.25) is 0 Å². The molecular formula is C20H26N4O3. The fraction of sp³-hybridized carbons (Fsp3) is 0.500. The first-order valence-electron chi connectivity index (χ1n) is 9.58. The Morgan fingerprint density at radius 2 is 1.63 bits per heavy atom. The van der Waals surface area contributed by atoms with E-state index in [2.05, 4.69) is 14.8 Å². The molecule has 0 aliphatic carbocycles. The van der Waals surface area contributed by atoms with Crippen molar-refractivity contribution in [2.45, 2.75) is 0 Å². The summed E-state index contributed by atoms with van der Waals surface area (Å²) in [5.41, 5.74) is 1.01. The summed E-state index contributed by atoms with van der Waals surface area (Å²) in [5, 5.41) is 0. The molecule has 0 spiro atoms. The van der Waals surface area contributed by atoms with Crippen molar-refractivity contribution in [3.05, 3.63) is 36.5 Å². The molecule has 2 aliphatic heterocycles. The summed E-state index contributed by atoms with van der Waals surface area (Å²) >= 11 is 0. The fourth-order valence-electron chi connectivity index (χ4n) is 3.30. The highest BCUT2D eigenvalue weighted by Gasteiger charge is 2.20. The van der Waals surface area contributed by atoms with Crippen molar-refractivity contribution in [2.24, 2.45) is 0 Å². The van der Waals surface area contributed by atoms with Gasteiger partial charge in [-0.2, -0.15) is 0 Å². The Morgan fingerprint density at radius 3 is 2.37 bits per heavy atom. The molecule has 1 aromatic carbocycles. The van der Waals surface area contributed by atoms with Crippen LogP contribution in [-0.2, 0) is 9.47 Å². The molecule has 7 nitrogen and oxygen atoms in total. The minimum absolute atomic E-state index is 0.616. The average Bonchev–Trinajstić information content (AvgIpc) is 2.76. The standard InChI is InChI=1S/C20H26N4O3/c1-2-4-17(5-3-1)19-21-16-18(20(22-19)24-9-13-26-14-10-24)27-15-8-23-6-11-25-12-7-23/h1-5,16H,6-15H2. The maximum atomic E-state index is 6.09. The van der Waals surface area contributed by atoms with Gasteiger partial charge in [0.1, 0.15) is 6.61 Å². The molecule has 0 saturated carbocycles. The summed E-state index contributed by atoms with van der Waals surface area (Å²) in [4.78, 5) is 14.0. The molecule has 2 aliphatic rings. The third-order valence-electron chi connectivity index (χ3n) is 4.85. The van der Waals surface area contributed by atoms with Crippen LogP contribution in [0.15, 0.2) is 36.5 Å². The zero-order chi connectivity index (χ0) is 18.3. The molecule has 2 fully saturated rings. The third kappa shape index (κ3) is 4.74. The maximum absolute atomic E-state index is 6.09. The Labute approximate surface area is 159 Å². The van der Waals surface area contributed by atoms with Crippen LogP contribution in [0.5, 0.6) is 5.75 Å². The first-order chi connectivity index (χ1) is 13.4. The van der Waals surface area contributed by atoms with E-state index in [1.54, 1.807) is 6.20 Å². The lowest BCUT2D eigenvalue weighted by molar-refractivity contribution is 0.0322. The van der Waals surface area contributed by atoms with Crippen molar-refractivity contribution in [1.82, 2.24) is 14.9 Å². The molecule has 0 atom stereocenters. The molecule has 144 valence electrons. The second-order valence-electron chi connectivity index (χ2n) is 6.65. The molecule has 0 amide bonds. The SMILES string of the molecule is c1ccc(-c2ncc(OCCN3CCOCC3)c(N3CCOCC3)n2)cc1. The second-order valence-corrected chi connectivity index (χ2v) is 6.65. The molecular weight excluding hydrogens is 344 g/mol. The van der Waals surface area contributed by atoms with Crippen molar-refractivity contribution in [3.8, 4) is 17.1 Å². The Hall–Kier alpha value is -2.22. The summed E-state index contributed by atoms with van der Waals surface area (Å²) in [7, 11) is 0. The summed E-state index contributed by atoms with van der Waals surface area (Å²) in [6.45, 7) is 8.05. The van der Waals surface area contributed by atoms with Crippen LogP contribution < -0.4 is 9.64 Å². The highest BCUT2D eigenvalue weighted by molar-refractivity contribution is 5.61. The number of anilines is 1. The van der Waals surface area contributed by atoms with Crippen LogP contribution in [0.2, 0.25) is 0 Å². The minimum Gasteiger partial charge on any atom is -0.487 e. The Morgan fingerprint density at radius 1 is 0.926 bits per heavy atom.